The molecule has 0 bridgehead atoms. The van der Waals surface area contributed by atoms with E-state index in [1.165, 1.54) is 12.7 Å². The average Bonchev–Trinajstić information content (AvgIpc) is 2.68. The quantitative estimate of drug-likeness (QED) is 0.772. The molecular weight excluding hydrogens is 397 g/mol. The Morgan fingerprint density at radius 1 is 1.07 bits per heavy atom. The van der Waals surface area contributed by atoms with Crippen molar-refractivity contribution in [2.24, 2.45) is 0 Å². The molecule has 2 aromatic rings. The molecule has 1 saturated heterocycles. The van der Waals surface area contributed by atoms with Gasteiger partial charge in [0.15, 0.2) is 5.75 Å². The number of likely N-dealkylation sites (N-methyl/N-ethyl adjacent to an activating group) is 1. The predicted molar refractivity (Wildman–Crippen MR) is 113 cm³/mol. The molecular formula is C21H25Cl2N3O2. The van der Waals surface area contributed by atoms with Crippen molar-refractivity contribution in [1.29, 1.82) is 0 Å². The summed E-state index contributed by atoms with van der Waals surface area (Å²) in [5.74, 6) is 0.146. The summed E-state index contributed by atoms with van der Waals surface area (Å²) in [6, 6.07) is 11.5. The smallest absolute Gasteiger partial charge is 0.251 e. The number of amides is 1. The van der Waals surface area contributed by atoms with Crippen molar-refractivity contribution in [3.63, 3.8) is 0 Å². The second-order valence-electron chi connectivity index (χ2n) is 7.06. The van der Waals surface area contributed by atoms with Gasteiger partial charge >= 0.3 is 0 Å². The number of carbonyl (C=O) groups is 1. The lowest BCUT2D eigenvalue weighted by Gasteiger charge is -2.32. The molecule has 0 spiro atoms. The van der Waals surface area contributed by atoms with Gasteiger partial charge in [0.1, 0.15) is 0 Å². The average molecular weight is 422 g/mol. The Hall–Kier alpha value is -1.79. The summed E-state index contributed by atoms with van der Waals surface area (Å²) >= 11 is 12.2. The van der Waals surface area contributed by atoms with Gasteiger partial charge in [-0.05, 0) is 30.3 Å². The number of hydrogen-bond acceptors (Lipinski definition) is 4. The molecule has 1 fully saturated rings. The molecule has 0 atom stereocenters. The number of piperazine rings is 1. The first-order chi connectivity index (χ1) is 13.5. The van der Waals surface area contributed by atoms with Gasteiger partial charge in [-0.3, -0.25) is 9.69 Å². The maximum atomic E-state index is 12.5. The monoisotopic (exact) mass is 421 g/mol. The van der Waals surface area contributed by atoms with Crippen LogP contribution in [0.5, 0.6) is 5.75 Å². The van der Waals surface area contributed by atoms with E-state index in [-0.39, 0.29) is 5.91 Å². The lowest BCUT2D eigenvalue weighted by Crippen LogP contribution is -2.43. The van der Waals surface area contributed by atoms with Crippen molar-refractivity contribution in [3.05, 3.63) is 63.1 Å². The molecule has 0 radical (unpaired) electrons. The topological polar surface area (TPSA) is 44.8 Å². The first-order valence-electron chi connectivity index (χ1n) is 9.26. The lowest BCUT2D eigenvalue weighted by molar-refractivity contribution is 0.0951. The van der Waals surface area contributed by atoms with Crippen molar-refractivity contribution in [1.82, 2.24) is 15.1 Å². The van der Waals surface area contributed by atoms with E-state index in [9.17, 15) is 4.79 Å². The van der Waals surface area contributed by atoms with Crippen LogP contribution in [0.4, 0.5) is 0 Å². The zero-order valence-electron chi connectivity index (χ0n) is 16.2. The van der Waals surface area contributed by atoms with Crippen LogP contribution in [0.3, 0.4) is 0 Å². The van der Waals surface area contributed by atoms with Crippen molar-refractivity contribution in [2.75, 3.05) is 40.3 Å². The van der Waals surface area contributed by atoms with Crippen molar-refractivity contribution in [2.45, 2.75) is 13.1 Å². The molecule has 28 heavy (non-hydrogen) atoms. The van der Waals surface area contributed by atoms with Crippen LogP contribution in [-0.4, -0.2) is 56.0 Å². The second-order valence-corrected chi connectivity index (χ2v) is 7.87. The molecule has 5 nitrogen and oxygen atoms in total. The molecule has 1 heterocycles. The van der Waals surface area contributed by atoms with Crippen LogP contribution in [-0.2, 0) is 13.1 Å². The fourth-order valence-electron chi connectivity index (χ4n) is 3.27. The third kappa shape index (κ3) is 5.39. The number of rotatable bonds is 6. The second kappa shape index (κ2) is 9.61. The van der Waals surface area contributed by atoms with E-state index in [0.29, 0.717) is 27.9 Å². The molecule has 1 aliphatic heterocycles. The maximum Gasteiger partial charge on any atom is 0.251 e. The molecule has 0 saturated carbocycles. The number of nitrogens with one attached hydrogen (secondary N) is 1. The van der Waals surface area contributed by atoms with Gasteiger partial charge in [-0.1, -0.05) is 47.5 Å². The fraction of sp³-hybridized carbons (Fsp3) is 0.381. The third-order valence-electron chi connectivity index (χ3n) is 4.91. The van der Waals surface area contributed by atoms with Crippen molar-refractivity contribution < 1.29 is 9.53 Å². The minimum Gasteiger partial charge on any atom is -0.494 e. The van der Waals surface area contributed by atoms with Crippen molar-refractivity contribution >= 4 is 29.1 Å². The Balaban J connectivity index is 1.59. The first kappa shape index (κ1) is 20.9. The van der Waals surface area contributed by atoms with E-state index in [1.54, 1.807) is 12.1 Å². The van der Waals surface area contributed by atoms with Gasteiger partial charge in [0.05, 0.1) is 17.2 Å². The lowest BCUT2D eigenvalue weighted by atomic mass is 10.1. The standard InChI is InChI=1S/C21H25Cl2N3O2/c1-25-6-8-26(9-7-25)14-16-5-3-4-15(10-16)13-24-21(27)17-11-18(22)20(28-2)19(23)12-17/h3-5,10-12H,6-9,13-14H2,1-2H3,(H,24,27). The summed E-state index contributed by atoms with van der Waals surface area (Å²) in [5, 5.41) is 3.55. The van der Waals surface area contributed by atoms with Gasteiger partial charge in [-0.15, -0.1) is 0 Å². The number of methoxy groups -OCH3 is 1. The largest absolute Gasteiger partial charge is 0.494 e. The van der Waals surface area contributed by atoms with Crippen LogP contribution in [0.1, 0.15) is 21.5 Å². The molecule has 150 valence electrons. The Bertz CT molecular complexity index is 813. The van der Waals surface area contributed by atoms with Crippen molar-refractivity contribution in [3.8, 4) is 5.75 Å². The predicted octanol–water partition coefficient (Wildman–Crippen LogP) is 3.68. The molecule has 3 rings (SSSR count). The number of benzene rings is 2. The van der Waals surface area contributed by atoms with Crippen LogP contribution in [0.2, 0.25) is 10.0 Å². The third-order valence-corrected chi connectivity index (χ3v) is 5.47. The summed E-state index contributed by atoms with van der Waals surface area (Å²) in [7, 11) is 3.64. The number of nitrogens with zero attached hydrogens (tertiary/aromatic N) is 2. The SMILES string of the molecule is COc1c(Cl)cc(C(=O)NCc2cccc(CN3CCN(C)CC3)c2)cc1Cl. The zero-order valence-corrected chi connectivity index (χ0v) is 17.7. The van der Waals surface area contributed by atoms with Gasteiger partial charge in [0, 0.05) is 44.8 Å². The van der Waals surface area contributed by atoms with E-state index in [4.69, 9.17) is 27.9 Å². The van der Waals surface area contributed by atoms with E-state index in [1.807, 2.05) is 12.1 Å². The van der Waals surface area contributed by atoms with Gasteiger partial charge in [0.2, 0.25) is 0 Å². The van der Waals surface area contributed by atoms with E-state index < -0.39 is 0 Å². The van der Waals surface area contributed by atoms with E-state index >= 15 is 0 Å². The summed E-state index contributed by atoms with van der Waals surface area (Å²) in [4.78, 5) is 17.3. The fourth-order valence-corrected chi connectivity index (χ4v) is 3.91. The molecule has 7 heteroatoms. The minimum atomic E-state index is -0.226. The van der Waals surface area contributed by atoms with E-state index in [0.717, 1.165) is 38.3 Å². The van der Waals surface area contributed by atoms with Crippen LogP contribution < -0.4 is 10.1 Å². The minimum absolute atomic E-state index is 0.226. The molecule has 0 unspecified atom stereocenters. The summed E-state index contributed by atoms with van der Waals surface area (Å²) < 4.78 is 5.12. The Morgan fingerprint density at radius 2 is 1.71 bits per heavy atom. The Labute approximate surface area is 176 Å². The molecule has 1 amide bonds. The van der Waals surface area contributed by atoms with E-state index in [2.05, 4.69) is 34.3 Å². The highest BCUT2D eigenvalue weighted by Crippen LogP contribution is 2.33. The van der Waals surface area contributed by atoms with Crippen LogP contribution in [0.25, 0.3) is 0 Å². The maximum absolute atomic E-state index is 12.5. The van der Waals surface area contributed by atoms with Gasteiger partial charge in [-0.2, -0.15) is 0 Å². The van der Waals surface area contributed by atoms with Gasteiger partial charge in [-0.25, -0.2) is 0 Å². The zero-order chi connectivity index (χ0) is 20.1. The molecule has 0 aliphatic carbocycles. The Kier molecular flexibility index (Phi) is 7.18. The summed E-state index contributed by atoms with van der Waals surface area (Å²) in [6.07, 6.45) is 0. The highest BCUT2D eigenvalue weighted by atomic mass is 35.5. The number of ether oxygens (including phenoxy) is 1. The molecule has 1 N–H and O–H groups in total. The normalized spacial score (nSPS) is 15.4. The highest BCUT2D eigenvalue weighted by molar-refractivity contribution is 6.37. The highest BCUT2D eigenvalue weighted by Gasteiger charge is 2.15. The van der Waals surface area contributed by atoms with Crippen LogP contribution in [0.15, 0.2) is 36.4 Å². The number of carbonyl (C=O) groups excluding carboxylic acids is 1. The summed E-state index contributed by atoms with van der Waals surface area (Å²) in [6.45, 7) is 5.73. The van der Waals surface area contributed by atoms with Crippen LogP contribution in [0, 0.1) is 0 Å². The number of halogens is 2. The Morgan fingerprint density at radius 3 is 2.36 bits per heavy atom. The number of hydrogen-bond donors (Lipinski definition) is 1. The van der Waals surface area contributed by atoms with Gasteiger partial charge in [0.25, 0.3) is 5.91 Å². The van der Waals surface area contributed by atoms with Crippen LogP contribution >= 0.6 is 23.2 Å². The molecule has 2 aromatic carbocycles. The van der Waals surface area contributed by atoms with Gasteiger partial charge < -0.3 is 15.0 Å². The first-order valence-corrected chi connectivity index (χ1v) is 10.0. The molecule has 0 aromatic heterocycles. The molecule has 1 aliphatic rings. The summed E-state index contributed by atoms with van der Waals surface area (Å²) in [5.41, 5.74) is 2.72.